The maximum absolute atomic E-state index is 5.94. The summed E-state index contributed by atoms with van der Waals surface area (Å²) in [7, 11) is 3.58. The molecule has 0 unspecified atom stereocenters. The van der Waals surface area contributed by atoms with Gasteiger partial charge >= 0.3 is 0 Å². The highest BCUT2D eigenvalue weighted by Gasteiger charge is 2.20. The summed E-state index contributed by atoms with van der Waals surface area (Å²) in [5, 5.41) is 3.49. The minimum atomic E-state index is 0. The molecule has 0 bridgehead atoms. The Kier molecular flexibility index (Phi) is 10.2. The molecule has 2 fully saturated rings. The Balaban J connectivity index is 0.00000280. The van der Waals surface area contributed by atoms with Crippen LogP contribution in [0, 0.1) is 0 Å². The van der Waals surface area contributed by atoms with Crippen LogP contribution in [-0.2, 0) is 4.74 Å². The molecule has 0 spiro atoms. The van der Waals surface area contributed by atoms with Crippen LogP contribution in [0.5, 0.6) is 5.75 Å². The van der Waals surface area contributed by atoms with E-state index in [1.165, 1.54) is 31.4 Å². The fourth-order valence-corrected chi connectivity index (χ4v) is 3.89. The second-order valence-electron chi connectivity index (χ2n) is 7.28. The lowest BCUT2D eigenvalue weighted by atomic mass is 10.2. The number of halogens is 1. The van der Waals surface area contributed by atoms with Gasteiger partial charge < -0.3 is 24.6 Å². The molecular weight excluding hydrogens is 467 g/mol. The number of nitrogens with zero attached hydrogens (tertiary/aromatic N) is 3. The fraction of sp³-hybridized carbons (Fsp3) is 0.667. The average molecular weight is 502 g/mol. The molecule has 7 heteroatoms. The number of ether oxygens (including phenoxy) is 2. The molecule has 2 aliphatic rings. The molecule has 158 valence electrons. The first-order valence-corrected chi connectivity index (χ1v) is 10.3. The second kappa shape index (κ2) is 12.4. The molecule has 1 saturated carbocycles. The minimum Gasteiger partial charge on any atom is -0.497 e. The van der Waals surface area contributed by atoms with E-state index in [0.29, 0.717) is 6.10 Å². The number of guanidine groups is 1. The van der Waals surface area contributed by atoms with Gasteiger partial charge in [0.25, 0.3) is 0 Å². The Morgan fingerprint density at radius 1 is 1.18 bits per heavy atom. The smallest absolute Gasteiger partial charge is 0.193 e. The van der Waals surface area contributed by atoms with Crippen molar-refractivity contribution in [1.29, 1.82) is 0 Å². The van der Waals surface area contributed by atoms with Crippen molar-refractivity contribution in [3.05, 3.63) is 24.3 Å². The number of benzene rings is 1. The van der Waals surface area contributed by atoms with E-state index >= 15 is 0 Å². The van der Waals surface area contributed by atoms with Crippen molar-refractivity contribution in [3.63, 3.8) is 0 Å². The van der Waals surface area contributed by atoms with E-state index in [-0.39, 0.29) is 24.0 Å². The van der Waals surface area contributed by atoms with E-state index in [2.05, 4.69) is 38.3 Å². The number of hydrogen-bond donors (Lipinski definition) is 1. The van der Waals surface area contributed by atoms with Crippen molar-refractivity contribution in [3.8, 4) is 5.75 Å². The minimum absolute atomic E-state index is 0. The van der Waals surface area contributed by atoms with Crippen LogP contribution in [0.25, 0.3) is 0 Å². The van der Waals surface area contributed by atoms with Gasteiger partial charge in [-0.2, -0.15) is 0 Å². The second-order valence-corrected chi connectivity index (χ2v) is 7.28. The predicted octanol–water partition coefficient (Wildman–Crippen LogP) is 3.36. The topological polar surface area (TPSA) is 49.3 Å². The Morgan fingerprint density at radius 3 is 2.61 bits per heavy atom. The number of rotatable bonds is 7. The molecule has 1 aromatic rings. The summed E-state index contributed by atoms with van der Waals surface area (Å²) in [4.78, 5) is 9.21. The van der Waals surface area contributed by atoms with Gasteiger partial charge in [-0.15, -0.1) is 24.0 Å². The molecule has 1 saturated heterocycles. The molecule has 0 aromatic heterocycles. The normalized spacial score (nSPS) is 18.1. The molecule has 0 radical (unpaired) electrons. The van der Waals surface area contributed by atoms with Crippen LogP contribution in [0.2, 0.25) is 0 Å². The number of piperazine rings is 1. The lowest BCUT2D eigenvalue weighted by molar-refractivity contribution is 0.0573. The summed E-state index contributed by atoms with van der Waals surface area (Å²) in [5.74, 6) is 1.91. The first-order valence-electron chi connectivity index (χ1n) is 10.3. The molecule has 1 N–H and O–H groups in total. The van der Waals surface area contributed by atoms with Crippen LogP contribution < -0.4 is 15.0 Å². The summed E-state index contributed by atoms with van der Waals surface area (Å²) in [6.07, 6.45) is 6.68. The van der Waals surface area contributed by atoms with Gasteiger partial charge in [-0.3, -0.25) is 4.99 Å². The van der Waals surface area contributed by atoms with Crippen molar-refractivity contribution < 1.29 is 9.47 Å². The molecule has 1 aromatic carbocycles. The summed E-state index contributed by atoms with van der Waals surface area (Å²) >= 11 is 0. The molecule has 3 rings (SSSR count). The van der Waals surface area contributed by atoms with Gasteiger partial charge in [0.2, 0.25) is 0 Å². The molecule has 6 nitrogen and oxygen atoms in total. The van der Waals surface area contributed by atoms with Crippen LogP contribution in [0.4, 0.5) is 5.69 Å². The average Bonchev–Trinajstić information content (AvgIpc) is 3.24. The van der Waals surface area contributed by atoms with Crippen molar-refractivity contribution in [2.45, 2.75) is 38.2 Å². The Labute approximate surface area is 186 Å². The van der Waals surface area contributed by atoms with Crippen LogP contribution in [0.3, 0.4) is 0 Å². The summed E-state index contributed by atoms with van der Waals surface area (Å²) < 4.78 is 11.3. The summed E-state index contributed by atoms with van der Waals surface area (Å²) in [5.41, 5.74) is 1.22. The number of methoxy groups -OCH3 is 1. The van der Waals surface area contributed by atoms with Gasteiger partial charge in [-0.1, -0.05) is 18.9 Å². The van der Waals surface area contributed by atoms with E-state index in [0.717, 1.165) is 57.5 Å². The summed E-state index contributed by atoms with van der Waals surface area (Å²) in [6, 6.07) is 8.29. The maximum Gasteiger partial charge on any atom is 0.193 e. The molecule has 1 aliphatic heterocycles. The summed E-state index contributed by atoms with van der Waals surface area (Å²) in [6.45, 7) is 5.66. The van der Waals surface area contributed by atoms with Crippen LogP contribution in [-0.4, -0.2) is 70.5 Å². The van der Waals surface area contributed by atoms with Gasteiger partial charge in [-0.25, -0.2) is 0 Å². The predicted molar refractivity (Wildman–Crippen MR) is 126 cm³/mol. The zero-order valence-corrected chi connectivity index (χ0v) is 19.6. The number of nitrogens with one attached hydrogen (secondary N) is 1. The van der Waals surface area contributed by atoms with Gasteiger partial charge in [-0.05, 0) is 31.4 Å². The fourth-order valence-electron chi connectivity index (χ4n) is 3.89. The van der Waals surface area contributed by atoms with E-state index in [9.17, 15) is 0 Å². The molecule has 1 heterocycles. The number of hydrogen-bond acceptors (Lipinski definition) is 4. The molecule has 28 heavy (non-hydrogen) atoms. The lowest BCUT2D eigenvalue weighted by Crippen LogP contribution is -2.52. The first kappa shape index (κ1) is 23.1. The van der Waals surface area contributed by atoms with E-state index in [4.69, 9.17) is 9.47 Å². The zero-order valence-electron chi connectivity index (χ0n) is 17.2. The third-order valence-electron chi connectivity index (χ3n) is 5.47. The van der Waals surface area contributed by atoms with Crippen molar-refractivity contribution >= 4 is 35.6 Å². The van der Waals surface area contributed by atoms with Crippen molar-refractivity contribution in [2.24, 2.45) is 4.99 Å². The zero-order chi connectivity index (χ0) is 18.9. The quantitative estimate of drug-likeness (QED) is 0.268. The van der Waals surface area contributed by atoms with E-state index < -0.39 is 0 Å². The van der Waals surface area contributed by atoms with Crippen LogP contribution in [0.15, 0.2) is 29.3 Å². The van der Waals surface area contributed by atoms with Gasteiger partial charge in [0.1, 0.15) is 5.75 Å². The van der Waals surface area contributed by atoms with E-state index in [1.54, 1.807) is 7.11 Å². The standard InChI is InChI=1S/C21H34N4O2.HI/c1-22-21(23-11-6-16-27-19-8-3-4-9-19)25-14-12-24(13-15-25)18-7-5-10-20(17-18)26-2;/h5,7,10,17,19H,3-4,6,8-9,11-16H2,1-2H3,(H,22,23);1H. The van der Waals surface area contributed by atoms with Crippen molar-refractivity contribution in [1.82, 2.24) is 10.2 Å². The monoisotopic (exact) mass is 502 g/mol. The van der Waals surface area contributed by atoms with Gasteiger partial charge in [0, 0.05) is 58.1 Å². The van der Waals surface area contributed by atoms with Crippen LogP contribution in [0.1, 0.15) is 32.1 Å². The van der Waals surface area contributed by atoms with Crippen LogP contribution >= 0.6 is 24.0 Å². The number of anilines is 1. The largest absolute Gasteiger partial charge is 0.497 e. The third kappa shape index (κ3) is 6.69. The van der Waals surface area contributed by atoms with E-state index in [1.807, 2.05) is 13.1 Å². The highest BCUT2D eigenvalue weighted by Crippen LogP contribution is 2.22. The highest BCUT2D eigenvalue weighted by molar-refractivity contribution is 14.0. The Hall–Kier alpha value is -1.22. The lowest BCUT2D eigenvalue weighted by Gasteiger charge is -2.37. The van der Waals surface area contributed by atoms with Crippen molar-refractivity contribution in [2.75, 3.05) is 58.4 Å². The maximum atomic E-state index is 5.94. The number of aliphatic imine (C=N–C) groups is 1. The Morgan fingerprint density at radius 2 is 1.93 bits per heavy atom. The van der Waals surface area contributed by atoms with Gasteiger partial charge in [0.15, 0.2) is 5.96 Å². The first-order chi connectivity index (χ1) is 13.3. The molecule has 1 aliphatic carbocycles. The molecular formula is C21H35IN4O2. The van der Waals surface area contributed by atoms with Gasteiger partial charge in [0.05, 0.1) is 13.2 Å². The SMILES string of the molecule is CN=C(NCCCOC1CCCC1)N1CCN(c2cccc(OC)c2)CC1.I. The highest BCUT2D eigenvalue weighted by atomic mass is 127. The Bertz CT molecular complexity index is 600. The third-order valence-corrected chi connectivity index (χ3v) is 5.47. The molecule has 0 amide bonds. The molecule has 0 atom stereocenters.